The number of hydrogen-bond acceptors (Lipinski definition) is 2. The van der Waals surface area contributed by atoms with Gasteiger partial charge in [0.2, 0.25) is 0 Å². The Kier molecular flexibility index (Phi) is 1.62. The van der Waals surface area contributed by atoms with Gasteiger partial charge in [-0.3, -0.25) is 0 Å². The van der Waals surface area contributed by atoms with Crippen LogP contribution in [0.3, 0.4) is 0 Å². The average molecular weight is 164 g/mol. The van der Waals surface area contributed by atoms with Crippen molar-refractivity contribution in [2.24, 2.45) is 0 Å². The van der Waals surface area contributed by atoms with Gasteiger partial charge in [0, 0.05) is 15.7 Å². The van der Waals surface area contributed by atoms with Gasteiger partial charge in [-0.25, -0.2) is 0 Å². The predicted octanol–water partition coefficient (Wildman–Crippen LogP) is 3.15. The summed E-state index contributed by atoms with van der Waals surface area (Å²) in [5, 5.41) is 2.35. The summed E-state index contributed by atoms with van der Waals surface area (Å²) in [7, 11) is 0. The van der Waals surface area contributed by atoms with E-state index >= 15 is 0 Å². The van der Waals surface area contributed by atoms with Gasteiger partial charge in [0.05, 0.1) is 12.5 Å². The Labute approximate surface area is 69.4 Å². The minimum atomic E-state index is 1.17. The normalized spacial score (nSPS) is 10.6. The molecule has 0 saturated heterocycles. The van der Waals surface area contributed by atoms with Crippen LogP contribution in [0.1, 0.15) is 0 Å². The van der Waals surface area contributed by atoms with E-state index < -0.39 is 0 Å². The molecule has 1 heterocycles. The van der Waals surface area contributed by atoms with E-state index in [0.717, 1.165) is 0 Å². The molecule has 2 aromatic rings. The van der Waals surface area contributed by atoms with E-state index in [0.29, 0.717) is 0 Å². The van der Waals surface area contributed by atoms with Crippen LogP contribution in [0.25, 0.3) is 10.8 Å². The molecule has 0 atom stereocenters. The van der Waals surface area contributed by atoms with Crippen molar-refractivity contribution in [1.29, 1.82) is 0 Å². The van der Waals surface area contributed by atoms with Gasteiger partial charge < -0.3 is 4.42 Å². The number of benzene rings is 1. The molecule has 0 unspecified atom stereocenters. The summed E-state index contributed by atoms with van der Waals surface area (Å²) in [4.78, 5) is 1.28. The fraction of sp³-hybridized carbons (Fsp3) is 0.111. The maximum absolute atomic E-state index is 5.06. The molecule has 0 fully saturated rings. The average Bonchev–Trinajstić information content (AvgIpc) is 2.50. The summed E-state index contributed by atoms with van der Waals surface area (Å²) in [5.74, 6) is 0. The lowest BCUT2D eigenvalue weighted by Gasteiger charge is -1.93. The summed E-state index contributed by atoms with van der Waals surface area (Å²) in [6.45, 7) is 0. The Morgan fingerprint density at radius 2 is 2.00 bits per heavy atom. The second-order valence-corrected chi connectivity index (χ2v) is 3.25. The highest BCUT2D eigenvalue weighted by atomic mass is 32.2. The highest BCUT2D eigenvalue weighted by Crippen LogP contribution is 2.22. The van der Waals surface area contributed by atoms with Gasteiger partial charge in [-0.2, -0.15) is 0 Å². The van der Waals surface area contributed by atoms with Gasteiger partial charge in [-0.15, -0.1) is 11.8 Å². The van der Waals surface area contributed by atoms with Gasteiger partial charge in [0.1, 0.15) is 0 Å². The zero-order valence-corrected chi connectivity index (χ0v) is 7.02. The molecule has 2 rings (SSSR count). The van der Waals surface area contributed by atoms with Gasteiger partial charge in [-0.1, -0.05) is 6.07 Å². The first-order valence-electron chi connectivity index (χ1n) is 3.40. The number of hydrogen-bond donors (Lipinski definition) is 0. The Bertz CT molecular complexity index is 364. The molecule has 0 aliphatic carbocycles. The van der Waals surface area contributed by atoms with E-state index in [9.17, 15) is 0 Å². The molecule has 1 aromatic heterocycles. The highest BCUT2D eigenvalue weighted by Gasteiger charge is 1.95. The minimum absolute atomic E-state index is 1.17. The Morgan fingerprint density at radius 1 is 1.18 bits per heavy atom. The summed E-state index contributed by atoms with van der Waals surface area (Å²) in [6, 6.07) is 6.30. The predicted molar refractivity (Wildman–Crippen MR) is 48.0 cm³/mol. The van der Waals surface area contributed by atoms with Crippen LogP contribution in [0.4, 0.5) is 0 Å². The van der Waals surface area contributed by atoms with E-state index in [1.165, 1.54) is 15.7 Å². The SMILES string of the molecule is CSc1ccc2cocc2c1. The van der Waals surface area contributed by atoms with E-state index in [2.05, 4.69) is 24.5 Å². The third-order valence-corrected chi connectivity index (χ3v) is 2.41. The van der Waals surface area contributed by atoms with E-state index in [-0.39, 0.29) is 0 Å². The monoisotopic (exact) mass is 164 g/mol. The molecule has 11 heavy (non-hydrogen) atoms. The van der Waals surface area contributed by atoms with Crippen LogP contribution in [0.5, 0.6) is 0 Å². The van der Waals surface area contributed by atoms with Crippen molar-refractivity contribution in [1.82, 2.24) is 0 Å². The van der Waals surface area contributed by atoms with Crippen LogP contribution in [-0.2, 0) is 0 Å². The molecule has 0 amide bonds. The van der Waals surface area contributed by atoms with Crippen LogP contribution in [0, 0.1) is 0 Å². The molecule has 0 aliphatic rings. The fourth-order valence-corrected chi connectivity index (χ4v) is 1.52. The topological polar surface area (TPSA) is 13.1 Å². The molecular formula is C9H8OS. The van der Waals surface area contributed by atoms with E-state index in [1.54, 1.807) is 24.3 Å². The smallest absolute Gasteiger partial charge is 0.0981 e. The van der Waals surface area contributed by atoms with Crippen molar-refractivity contribution >= 4 is 22.5 Å². The van der Waals surface area contributed by atoms with Crippen molar-refractivity contribution in [3.63, 3.8) is 0 Å². The molecular weight excluding hydrogens is 156 g/mol. The highest BCUT2D eigenvalue weighted by molar-refractivity contribution is 7.98. The van der Waals surface area contributed by atoms with Crippen molar-refractivity contribution in [2.45, 2.75) is 4.90 Å². The van der Waals surface area contributed by atoms with Crippen LogP contribution < -0.4 is 0 Å². The molecule has 0 saturated carbocycles. The standard InChI is InChI=1S/C9H8OS/c1-11-9-3-2-7-5-10-6-8(7)4-9/h2-6H,1H3. The van der Waals surface area contributed by atoms with Gasteiger partial charge in [0.25, 0.3) is 0 Å². The Balaban J connectivity index is 2.67. The van der Waals surface area contributed by atoms with E-state index in [1.807, 2.05) is 0 Å². The summed E-state index contributed by atoms with van der Waals surface area (Å²) >= 11 is 1.75. The first-order valence-corrected chi connectivity index (χ1v) is 4.62. The maximum atomic E-state index is 5.06. The summed E-state index contributed by atoms with van der Waals surface area (Å²) in [5.41, 5.74) is 0. The molecule has 2 heteroatoms. The molecule has 56 valence electrons. The quantitative estimate of drug-likeness (QED) is 0.600. The molecule has 0 aliphatic heterocycles. The third kappa shape index (κ3) is 1.14. The van der Waals surface area contributed by atoms with Crippen molar-refractivity contribution in [3.05, 3.63) is 30.7 Å². The van der Waals surface area contributed by atoms with Crippen LogP contribution in [0.2, 0.25) is 0 Å². The van der Waals surface area contributed by atoms with Gasteiger partial charge in [-0.05, 0) is 18.4 Å². The van der Waals surface area contributed by atoms with Crippen molar-refractivity contribution in [2.75, 3.05) is 6.26 Å². The maximum Gasteiger partial charge on any atom is 0.0981 e. The fourth-order valence-electron chi connectivity index (χ4n) is 1.07. The second kappa shape index (κ2) is 2.62. The summed E-state index contributed by atoms with van der Waals surface area (Å²) < 4.78 is 5.06. The number of rotatable bonds is 1. The van der Waals surface area contributed by atoms with Crippen molar-refractivity contribution < 1.29 is 4.42 Å². The van der Waals surface area contributed by atoms with Gasteiger partial charge in [0.15, 0.2) is 0 Å². The molecule has 1 nitrogen and oxygen atoms in total. The largest absolute Gasteiger partial charge is 0.471 e. The molecule has 0 bridgehead atoms. The number of furan rings is 1. The van der Waals surface area contributed by atoms with Gasteiger partial charge >= 0.3 is 0 Å². The minimum Gasteiger partial charge on any atom is -0.471 e. The Morgan fingerprint density at radius 3 is 2.82 bits per heavy atom. The Hall–Kier alpha value is -0.890. The first-order chi connectivity index (χ1) is 5.40. The van der Waals surface area contributed by atoms with E-state index in [4.69, 9.17) is 4.42 Å². The zero-order valence-electron chi connectivity index (χ0n) is 6.20. The molecule has 1 aromatic carbocycles. The third-order valence-electron chi connectivity index (χ3n) is 1.68. The second-order valence-electron chi connectivity index (χ2n) is 2.37. The van der Waals surface area contributed by atoms with Crippen LogP contribution >= 0.6 is 11.8 Å². The van der Waals surface area contributed by atoms with Crippen LogP contribution in [0.15, 0.2) is 40.0 Å². The molecule has 0 radical (unpaired) electrons. The summed E-state index contributed by atoms with van der Waals surface area (Å²) in [6.07, 6.45) is 5.61. The lowest BCUT2D eigenvalue weighted by Crippen LogP contribution is -1.67. The number of fused-ring (bicyclic) bond motifs is 1. The number of thioether (sulfide) groups is 1. The lowest BCUT2D eigenvalue weighted by molar-refractivity contribution is 0.572. The molecule has 0 spiro atoms. The van der Waals surface area contributed by atoms with Crippen molar-refractivity contribution in [3.8, 4) is 0 Å². The lowest BCUT2D eigenvalue weighted by atomic mass is 10.2. The molecule has 0 N–H and O–H groups in total. The first kappa shape index (κ1) is 6.80. The zero-order chi connectivity index (χ0) is 7.68. The van der Waals surface area contributed by atoms with Crippen LogP contribution in [-0.4, -0.2) is 6.26 Å².